The van der Waals surface area contributed by atoms with Gasteiger partial charge < -0.3 is 5.11 Å². The number of nitrogens with zero attached hydrogens (tertiary/aromatic N) is 1. The fourth-order valence-electron chi connectivity index (χ4n) is 1.62. The third-order valence-electron chi connectivity index (χ3n) is 2.73. The van der Waals surface area contributed by atoms with Crippen LogP contribution >= 0.6 is 0 Å². The summed E-state index contributed by atoms with van der Waals surface area (Å²) in [5, 5.41) is 8.93. The number of aryl methyl sites for hydroxylation is 1. The van der Waals surface area contributed by atoms with E-state index in [0.29, 0.717) is 0 Å². The van der Waals surface area contributed by atoms with Crippen molar-refractivity contribution < 1.29 is 18.3 Å². The second-order valence-electron chi connectivity index (χ2n) is 4.04. The molecule has 0 radical (unpaired) electrons. The molecule has 18 heavy (non-hydrogen) atoms. The van der Waals surface area contributed by atoms with Crippen molar-refractivity contribution >= 4 is 16.0 Å². The van der Waals surface area contributed by atoms with Gasteiger partial charge in [-0.05, 0) is 26.0 Å². The van der Waals surface area contributed by atoms with Gasteiger partial charge in [0.05, 0.1) is 4.90 Å². The monoisotopic (exact) mass is 271 g/mol. The molecule has 0 aromatic heterocycles. The van der Waals surface area contributed by atoms with E-state index in [0.717, 1.165) is 9.87 Å². The van der Waals surface area contributed by atoms with Crippen LogP contribution in [0.3, 0.4) is 0 Å². The first kappa shape index (κ1) is 14.7. The number of rotatable bonds is 5. The maximum Gasteiger partial charge on any atom is 0.321 e. The number of likely N-dealkylation sites (N-methyl/N-ethyl adjacent to an activating group) is 1. The molecule has 1 rings (SSSR count). The number of benzene rings is 1. The van der Waals surface area contributed by atoms with Gasteiger partial charge in [0.25, 0.3) is 0 Å². The Labute approximate surface area is 107 Å². The number of hydrogen-bond donors (Lipinski definition) is 1. The number of sulfonamides is 1. The van der Waals surface area contributed by atoms with Crippen molar-refractivity contribution in [1.82, 2.24) is 4.31 Å². The van der Waals surface area contributed by atoms with Crippen molar-refractivity contribution in [2.24, 2.45) is 0 Å². The molecule has 0 aliphatic rings. The highest BCUT2D eigenvalue weighted by molar-refractivity contribution is 7.89. The second-order valence-corrected chi connectivity index (χ2v) is 5.93. The molecule has 0 aliphatic heterocycles. The summed E-state index contributed by atoms with van der Waals surface area (Å²) in [4.78, 5) is 11.0. The number of carboxylic acid groups (broad SMARTS) is 1. The van der Waals surface area contributed by atoms with Crippen molar-refractivity contribution in [2.75, 3.05) is 6.54 Å². The average molecular weight is 271 g/mol. The van der Waals surface area contributed by atoms with Gasteiger partial charge >= 0.3 is 5.97 Å². The van der Waals surface area contributed by atoms with Gasteiger partial charge in [0.1, 0.15) is 6.04 Å². The van der Waals surface area contributed by atoms with Crippen molar-refractivity contribution in [3.05, 3.63) is 29.8 Å². The summed E-state index contributed by atoms with van der Waals surface area (Å²) in [5.41, 5.74) is 0.947. The Morgan fingerprint density at radius 1 is 1.33 bits per heavy atom. The number of aliphatic carboxylic acids is 1. The number of hydrogen-bond acceptors (Lipinski definition) is 3. The minimum Gasteiger partial charge on any atom is -0.480 e. The highest BCUT2D eigenvalue weighted by Crippen LogP contribution is 2.18. The lowest BCUT2D eigenvalue weighted by molar-refractivity contribution is -0.140. The molecule has 0 unspecified atom stereocenters. The summed E-state index contributed by atoms with van der Waals surface area (Å²) in [7, 11) is -3.76. The van der Waals surface area contributed by atoms with Gasteiger partial charge in [-0.25, -0.2) is 8.42 Å². The molecule has 0 fully saturated rings. The Hall–Kier alpha value is -1.40. The predicted octanol–water partition coefficient (Wildman–Crippen LogP) is 1.48. The van der Waals surface area contributed by atoms with E-state index < -0.39 is 22.0 Å². The standard InChI is InChI=1S/C12H17NO4S/c1-4-13(10(3)12(14)15)18(16,17)11-7-5-9(2)6-8-11/h5-8,10H,4H2,1-3H3,(H,14,15)/t10-/m0/s1. The van der Waals surface area contributed by atoms with E-state index in [-0.39, 0.29) is 11.4 Å². The van der Waals surface area contributed by atoms with Crippen LogP contribution in [-0.4, -0.2) is 36.4 Å². The molecular formula is C12H17NO4S. The molecule has 0 aliphatic carbocycles. The zero-order valence-corrected chi connectivity index (χ0v) is 11.4. The highest BCUT2D eigenvalue weighted by atomic mass is 32.2. The Morgan fingerprint density at radius 2 is 1.83 bits per heavy atom. The van der Waals surface area contributed by atoms with Crippen LogP contribution in [0.25, 0.3) is 0 Å². The van der Waals surface area contributed by atoms with Crippen molar-refractivity contribution in [2.45, 2.75) is 31.7 Å². The minimum absolute atomic E-state index is 0.114. The molecule has 0 amide bonds. The fourth-order valence-corrected chi connectivity index (χ4v) is 3.22. The molecule has 1 atom stereocenters. The molecule has 0 saturated carbocycles. The lowest BCUT2D eigenvalue weighted by Crippen LogP contribution is -2.42. The van der Waals surface area contributed by atoms with Crippen LogP contribution in [0.1, 0.15) is 19.4 Å². The summed E-state index contributed by atoms with van der Waals surface area (Å²) in [6.07, 6.45) is 0. The Morgan fingerprint density at radius 3 is 2.22 bits per heavy atom. The van der Waals surface area contributed by atoms with Gasteiger partial charge in [-0.2, -0.15) is 4.31 Å². The van der Waals surface area contributed by atoms with Crippen LogP contribution in [-0.2, 0) is 14.8 Å². The maximum atomic E-state index is 12.3. The third-order valence-corrected chi connectivity index (χ3v) is 4.79. The van der Waals surface area contributed by atoms with Crippen LogP contribution in [0.15, 0.2) is 29.2 Å². The van der Waals surface area contributed by atoms with Crippen molar-refractivity contribution in [3.8, 4) is 0 Å². The first-order chi connectivity index (χ1) is 8.30. The summed E-state index contributed by atoms with van der Waals surface area (Å²) in [5.74, 6) is -1.16. The van der Waals surface area contributed by atoms with Crippen LogP contribution < -0.4 is 0 Å². The van der Waals surface area contributed by atoms with E-state index in [2.05, 4.69) is 0 Å². The molecule has 0 bridgehead atoms. The topological polar surface area (TPSA) is 74.7 Å². The van der Waals surface area contributed by atoms with E-state index >= 15 is 0 Å². The summed E-state index contributed by atoms with van der Waals surface area (Å²) < 4.78 is 25.5. The largest absolute Gasteiger partial charge is 0.480 e. The highest BCUT2D eigenvalue weighted by Gasteiger charge is 2.31. The predicted molar refractivity (Wildman–Crippen MR) is 67.8 cm³/mol. The summed E-state index contributed by atoms with van der Waals surface area (Å²) in [6, 6.07) is 5.27. The Bertz CT molecular complexity index is 522. The average Bonchev–Trinajstić information content (AvgIpc) is 2.29. The van der Waals surface area contributed by atoms with Gasteiger partial charge in [-0.1, -0.05) is 24.6 Å². The lowest BCUT2D eigenvalue weighted by atomic mass is 10.2. The SMILES string of the molecule is CCN([C@@H](C)C(=O)O)S(=O)(=O)c1ccc(C)cc1. The molecule has 1 aromatic rings. The van der Waals surface area contributed by atoms with Crippen LogP contribution in [0.4, 0.5) is 0 Å². The number of carbonyl (C=O) groups is 1. The molecule has 6 heteroatoms. The normalized spacial score (nSPS) is 13.6. The molecule has 5 nitrogen and oxygen atoms in total. The molecule has 1 aromatic carbocycles. The fraction of sp³-hybridized carbons (Fsp3) is 0.417. The van der Waals surface area contributed by atoms with Crippen LogP contribution in [0, 0.1) is 6.92 Å². The summed E-state index contributed by atoms with van der Waals surface area (Å²) in [6.45, 7) is 4.94. The smallest absolute Gasteiger partial charge is 0.321 e. The van der Waals surface area contributed by atoms with E-state index in [4.69, 9.17) is 5.11 Å². The van der Waals surface area contributed by atoms with Gasteiger partial charge in [-0.15, -0.1) is 0 Å². The van der Waals surface area contributed by atoms with Gasteiger partial charge in [0, 0.05) is 6.54 Å². The molecule has 0 spiro atoms. The van der Waals surface area contributed by atoms with Crippen LogP contribution in [0.2, 0.25) is 0 Å². The van der Waals surface area contributed by atoms with Crippen LogP contribution in [0.5, 0.6) is 0 Å². The second kappa shape index (κ2) is 5.49. The third kappa shape index (κ3) is 2.88. The molecule has 100 valence electrons. The maximum absolute atomic E-state index is 12.3. The van der Waals surface area contributed by atoms with E-state index in [1.807, 2.05) is 6.92 Å². The van der Waals surface area contributed by atoms with E-state index in [1.165, 1.54) is 19.1 Å². The van der Waals surface area contributed by atoms with Crippen molar-refractivity contribution in [3.63, 3.8) is 0 Å². The quantitative estimate of drug-likeness (QED) is 0.880. The molecule has 0 heterocycles. The lowest BCUT2D eigenvalue weighted by Gasteiger charge is -2.24. The summed E-state index contributed by atoms with van der Waals surface area (Å²) >= 11 is 0. The number of carboxylic acids is 1. The van der Waals surface area contributed by atoms with E-state index in [1.54, 1.807) is 19.1 Å². The molecule has 1 N–H and O–H groups in total. The molecular weight excluding hydrogens is 254 g/mol. The zero-order valence-electron chi connectivity index (χ0n) is 10.6. The minimum atomic E-state index is -3.76. The molecule has 0 saturated heterocycles. The first-order valence-electron chi connectivity index (χ1n) is 5.62. The Balaban J connectivity index is 3.19. The first-order valence-corrected chi connectivity index (χ1v) is 7.06. The zero-order chi connectivity index (χ0) is 13.9. The Kier molecular flexibility index (Phi) is 4.48. The van der Waals surface area contributed by atoms with Gasteiger partial charge in [0.15, 0.2) is 0 Å². The van der Waals surface area contributed by atoms with Gasteiger partial charge in [0.2, 0.25) is 10.0 Å². The van der Waals surface area contributed by atoms with Gasteiger partial charge in [-0.3, -0.25) is 4.79 Å². The van der Waals surface area contributed by atoms with Crippen molar-refractivity contribution in [1.29, 1.82) is 0 Å². The van der Waals surface area contributed by atoms with E-state index in [9.17, 15) is 13.2 Å².